The van der Waals surface area contributed by atoms with Crippen molar-refractivity contribution in [1.29, 1.82) is 0 Å². The van der Waals surface area contributed by atoms with Crippen molar-refractivity contribution < 1.29 is 14.3 Å². The van der Waals surface area contributed by atoms with Crippen LogP contribution in [0.2, 0.25) is 0 Å². The number of ether oxygens (including phenoxy) is 1. The number of likely N-dealkylation sites (tertiary alicyclic amines) is 1. The Kier molecular flexibility index (Phi) is 5.52. The van der Waals surface area contributed by atoms with Gasteiger partial charge >= 0.3 is 6.03 Å². The molecule has 2 aliphatic rings. The molecule has 0 bridgehead atoms. The monoisotopic (exact) mass is 399 g/mol. The van der Waals surface area contributed by atoms with E-state index in [9.17, 15) is 9.59 Å². The third-order valence-corrected chi connectivity index (χ3v) is 6.32. The summed E-state index contributed by atoms with van der Waals surface area (Å²) in [4.78, 5) is 27.0. The lowest BCUT2D eigenvalue weighted by molar-refractivity contribution is -0.118. The fourth-order valence-electron chi connectivity index (χ4n) is 4.02. The summed E-state index contributed by atoms with van der Waals surface area (Å²) in [7, 11) is 0. The SMILES string of the molecule is Cc1ccc2c(c1)NC(=O)C[C@@H]1CCN(C(=O)Nc3cccs3)C[C@@H]1CCO2. The Morgan fingerprint density at radius 1 is 1.29 bits per heavy atom. The zero-order chi connectivity index (χ0) is 19.5. The second kappa shape index (κ2) is 8.22. The largest absolute Gasteiger partial charge is 0.491 e. The molecule has 2 N–H and O–H groups in total. The minimum Gasteiger partial charge on any atom is -0.491 e. The number of hydrogen-bond donors (Lipinski definition) is 2. The Balaban J connectivity index is 1.44. The number of carbonyl (C=O) groups excluding carboxylic acids is 2. The number of rotatable bonds is 1. The van der Waals surface area contributed by atoms with Crippen LogP contribution < -0.4 is 15.4 Å². The second-order valence-electron chi connectivity index (χ2n) is 7.55. The van der Waals surface area contributed by atoms with Gasteiger partial charge in [0.15, 0.2) is 0 Å². The number of thiophene rings is 1. The van der Waals surface area contributed by atoms with E-state index in [0.717, 1.165) is 29.1 Å². The van der Waals surface area contributed by atoms with Crippen LogP contribution in [0.25, 0.3) is 0 Å². The molecule has 6 nitrogen and oxygen atoms in total. The zero-order valence-corrected chi connectivity index (χ0v) is 16.8. The van der Waals surface area contributed by atoms with E-state index in [4.69, 9.17) is 4.74 Å². The zero-order valence-electron chi connectivity index (χ0n) is 15.9. The molecule has 0 aliphatic carbocycles. The predicted molar refractivity (Wildman–Crippen MR) is 111 cm³/mol. The number of nitrogens with one attached hydrogen (secondary N) is 2. The van der Waals surface area contributed by atoms with Crippen LogP contribution in [0.1, 0.15) is 24.8 Å². The van der Waals surface area contributed by atoms with Crippen molar-refractivity contribution in [3.8, 4) is 5.75 Å². The van der Waals surface area contributed by atoms with Crippen molar-refractivity contribution in [2.75, 3.05) is 30.3 Å². The van der Waals surface area contributed by atoms with Crippen molar-refractivity contribution in [2.45, 2.75) is 26.2 Å². The maximum atomic E-state index is 12.6. The van der Waals surface area contributed by atoms with Crippen molar-refractivity contribution >= 4 is 34.0 Å². The summed E-state index contributed by atoms with van der Waals surface area (Å²) in [6.07, 6.45) is 2.14. The average molecular weight is 400 g/mol. The van der Waals surface area contributed by atoms with Crippen LogP contribution in [0.3, 0.4) is 0 Å². The Bertz CT molecular complexity index is 853. The normalized spacial score (nSPS) is 22.3. The first-order valence-electron chi connectivity index (χ1n) is 9.71. The van der Waals surface area contributed by atoms with E-state index in [2.05, 4.69) is 10.6 Å². The molecule has 4 rings (SSSR count). The van der Waals surface area contributed by atoms with Gasteiger partial charge in [-0.25, -0.2) is 4.79 Å². The number of carbonyl (C=O) groups is 2. The molecule has 2 aromatic rings. The number of amides is 3. The smallest absolute Gasteiger partial charge is 0.322 e. The molecule has 1 aromatic carbocycles. The molecule has 0 spiro atoms. The lowest BCUT2D eigenvalue weighted by Gasteiger charge is -2.38. The Morgan fingerprint density at radius 3 is 3.00 bits per heavy atom. The molecule has 1 fully saturated rings. The molecule has 3 amide bonds. The van der Waals surface area contributed by atoms with Gasteiger partial charge in [-0.1, -0.05) is 6.07 Å². The number of fused-ring (bicyclic) bond motifs is 2. The molecule has 148 valence electrons. The molecule has 0 radical (unpaired) electrons. The summed E-state index contributed by atoms with van der Waals surface area (Å²) in [5, 5.41) is 8.77. The molecule has 0 saturated carbocycles. The van der Waals surface area contributed by atoms with E-state index in [1.54, 1.807) is 0 Å². The molecule has 7 heteroatoms. The predicted octanol–water partition coefficient (Wildman–Crippen LogP) is 4.34. The molecule has 1 aromatic heterocycles. The summed E-state index contributed by atoms with van der Waals surface area (Å²) in [5.41, 5.74) is 1.83. The van der Waals surface area contributed by atoms with E-state index >= 15 is 0 Å². The number of anilines is 2. The molecule has 1 saturated heterocycles. The highest BCUT2D eigenvalue weighted by Crippen LogP contribution is 2.33. The number of hydrogen-bond acceptors (Lipinski definition) is 4. The highest BCUT2D eigenvalue weighted by molar-refractivity contribution is 7.14. The van der Waals surface area contributed by atoms with Gasteiger partial charge in [-0.15, -0.1) is 11.3 Å². The minimum absolute atomic E-state index is 0.0174. The summed E-state index contributed by atoms with van der Waals surface area (Å²) in [6, 6.07) is 9.59. The topological polar surface area (TPSA) is 70.7 Å². The van der Waals surface area contributed by atoms with E-state index in [-0.39, 0.29) is 23.8 Å². The summed E-state index contributed by atoms with van der Waals surface area (Å²) in [6.45, 7) is 3.90. The molecule has 2 atom stereocenters. The first-order valence-corrected chi connectivity index (χ1v) is 10.6. The second-order valence-corrected chi connectivity index (χ2v) is 8.50. The van der Waals surface area contributed by atoms with E-state index in [0.29, 0.717) is 31.9 Å². The lowest BCUT2D eigenvalue weighted by atomic mass is 9.81. The number of urea groups is 1. The molecular weight excluding hydrogens is 374 g/mol. The molecule has 2 aliphatic heterocycles. The summed E-state index contributed by atoms with van der Waals surface area (Å²) in [5.74, 6) is 1.24. The maximum Gasteiger partial charge on any atom is 0.322 e. The molecular formula is C21H25N3O3S. The third kappa shape index (κ3) is 4.30. The van der Waals surface area contributed by atoms with Gasteiger partial charge in [-0.3, -0.25) is 10.1 Å². The van der Waals surface area contributed by atoms with Gasteiger partial charge in [0.2, 0.25) is 5.91 Å². The Hall–Kier alpha value is -2.54. The van der Waals surface area contributed by atoms with Gasteiger partial charge in [0.05, 0.1) is 17.3 Å². The van der Waals surface area contributed by atoms with Crippen LogP contribution >= 0.6 is 11.3 Å². The average Bonchev–Trinajstić information content (AvgIpc) is 3.17. The highest BCUT2D eigenvalue weighted by atomic mass is 32.1. The molecule has 3 heterocycles. The van der Waals surface area contributed by atoms with Crippen molar-refractivity contribution in [1.82, 2.24) is 4.90 Å². The number of aryl methyl sites for hydroxylation is 1. The quantitative estimate of drug-likeness (QED) is 0.749. The fraction of sp³-hybridized carbons (Fsp3) is 0.429. The van der Waals surface area contributed by atoms with E-state index < -0.39 is 0 Å². The van der Waals surface area contributed by atoms with Crippen LogP contribution in [0.15, 0.2) is 35.7 Å². The van der Waals surface area contributed by atoms with E-state index in [1.807, 2.05) is 47.5 Å². The Morgan fingerprint density at radius 2 is 2.18 bits per heavy atom. The number of piperidine rings is 1. The van der Waals surface area contributed by atoms with Gasteiger partial charge in [0, 0.05) is 19.5 Å². The first kappa shape index (κ1) is 18.8. The fourth-order valence-corrected chi connectivity index (χ4v) is 4.63. The van der Waals surface area contributed by atoms with Gasteiger partial charge in [0.25, 0.3) is 0 Å². The molecule has 0 unspecified atom stereocenters. The van der Waals surface area contributed by atoms with E-state index in [1.165, 1.54) is 11.3 Å². The first-order chi connectivity index (χ1) is 13.6. The van der Waals surface area contributed by atoms with Crippen LogP contribution in [-0.2, 0) is 4.79 Å². The number of benzene rings is 1. The highest BCUT2D eigenvalue weighted by Gasteiger charge is 2.33. The van der Waals surface area contributed by atoms with Crippen molar-refractivity contribution in [3.63, 3.8) is 0 Å². The van der Waals surface area contributed by atoms with Gasteiger partial charge < -0.3 is 15.0 Å². The maximum absolute atomic E-state index is 12.6. The number of nitrogens with zero attached hydrogens (tertiary/aromatic N) is 1. The molecule has 28 heavy (non-hydrogen) atoms. The van der Waals surface area contributed by atoms with Crippen molar-refractivity contribution in [2.24, 2.45) is 11.8 Å². The van der Waals surface area contributed by atoms with Crippen LogP contribution in [0, 0.1) is 18.8 Å². The van der Waals surface area contributed by atoms with Crippen LogP contribution in [-0.4, -0.2) is 36.5 Å². The van der Waals surface area contributed by atoms with Gasteiger partial charge in [-0.05, 0) is 66.8 Å². The van der Waals surface area contributed by atoms with Crippen LogP contribution in [0.4, 0.5) is 15.5 Å². The van der Waals surface area contributed by atoms with Gasteiger partial charge in [0.1, 0.15) is 5.75 Å². The standard InChI is InChI=1S/C21H25N3O3S/c1-14-4-5-18-17(11-14)22-19(25)12-15-6-8-24(13-16(15)7-9-27-18)21(26)23-20-3-2-10-28-20/h2-5,10-11,15-16H,6-9,12-13H2,1H3,(H,22,25)(H,23,26)/t15-,16-/m0/s1. The lowest BCUT2D eigenvalue weighted by Crippen LogP contribution is -2.46. The van der Waals surface area contributed by atoms with Crippen LogP contribution in [0.5, 0.6) is 5.75 Å². The summed E-state index contributed by atoms with van der Waals surface area (Å²) < 4.78 is 5.97. The summed E-state index contributed by atoms with van der Waals surface area (Å²) >= 11 is 1.51. The Labute approximate surface area is 168 Å². The third-order valence-electron chi connectivity index (χ3n) is 5.53. The van der Waals surface area contributed by atoms with Crippen molar-refractivity contribution in [3.05, 3.63) is 41.3 Å². The minimum atomic E-state index is -0.0656. The van der Waals surface area contributed by atoms with Gasteiger partial charge in [-0.2, -0.15) is 0 Å².